The quantitative estimate of drug-likeness (QED) is 0.792. The molecule has 2 rings (SSSR count). The van der Waals surface area contributed by atoms with Crippen molar-refractivity contribution in [1.82, 2.24) is 5.32 Å². The van der Waals surface area contributed by atoms with Gasteiger partial charge >= 0.3 is 0 Å². The zero-order chi connectivity index (χ0) is 16.9. The van der Waals surface area contributed by atoms with Crippen LogP contribution in [0, 0.1) is 5.82 Å². The molecule has 0 aliphatic rings. The molecule has 0 atom stereocenters. The van der Waals surface area contributed by atoms with E-state index in [0.29, 0.717) is 11.5 Å². The second-order valence-electron chi connectivity index (χ2n) is 4.75. The maximum absolute atomic E-state index is 13.0. The van der Waals surface area contributed by atoms with Gasteiger partial charge in [0.15, 0.2) is 5.76 Å². The molecule has 24 heavy (non-hydrogen) atoms. The van der Waals surface area contributed by atoms with Crippen LogP contribution in [-0.4, -0.2) is 24.9 Å². The molecule has 1 amide bonds. The first-order valence-corrected chi connectivity index (χ1v) is 6.73. The molecule has 0 unspecified atom stereocenters. The van der Waals surface area contributed by atoms with Crippen molar-refractivity contribution in [1.29, 1.82) is 0 Å². The molecule has 5 nitrogen and oxygen atoms in total. The number of furan rings is 1. The molecular formula is C15H16ClF3N2O3. The molecule has 0 spiro atoms. The van der Waals surface area contributed by atoms with E-state index in [1.807, 2.05) is 5.32 Å². The Kier molecular flexibility index (Phi) is 7.12. The summed E-state index contributed by atoms with van der Waals surface area (Å²) in [5.74, 6) is -3.69. The van der Waals surface area contributed by atoms with E-state index < -0.39 is 24.9 Å². The number of alkyl halides is 2. The molecule has 0 fully saturated rings. The van der Waals surface area contributed by atoms with Crippen molar-refractivity contribution in [3.05, 3.63) is 53.7 Å². The lowest BCUT2D eigenvalue weighted by Crippen LogP contribution is -2.41. The van der Waals surface area contributed by atoms with E-state index in [1.165, 1.54) is 36.4 Å². The van der Waals surface area contributed by atoms with E-state index in [4.69, 9.17) is 14.9 Å². The lowest BCUT2D eigenvalue weighted by atomic mass is 10.3. The molecule has 9 heteroatoms. The van der Waals surface area contributed by atoms with Gasteiger partial charge in [-0.05, 0) is 36.4 Å². The van der Waals surface area contributed by atoms with Crippen molar-refractivity contribution in [2.24, 2.45) is 5.73 Å². The van der Waals surface area contributed by atoms with Crippen molar-refractivity contribution < 1.29 is 27.1 Å². The van der Waals surface area contributed by atoms with Gasteiger partial charge in [-0.15, -0.1) is 12.4 Å². The number of carbonyl (C=O) groups excluding carboxylic acids is 1. The summed E-state index contributed by atoms with van der Waals surface area (Å²) in [6.45, 7) is -1.72. The van der Waals surface area contributed by atoms with E-state index in [0.717, 1.165) is 0 Å². The molecule has 132 valence electrons. The first-order chi connectivity index (χ1) is 10.9. The summed E-state index contributed by atoms with van der Waals surface area (Å²) in [6.07, 6.45) is 0. The van der Waals surface area contributed by atoms with Gasteiger partial charge in [0.2, 0.25) is 0 Å². The molecule has 0 aliphatic carbocycles. The summed E-state index contributed by atoms with van der Waals surface area (Å²) >= 11 is 0. The van der Waals surface area contributed by atoms with Crippen molar-refractivity contribution in [2.75, 3.05) is 13.1 Å². The highest BCUT2D eigenvalue weighted by Gasteiger charge is 2.27. The Morgan fingerprint density at radius 3 is 2.50 bits per heavy atom. The zero-order valence-electron chi connectivity index (χ0n) is 12.4. The summed E-state index contributed by atoms with van der Waals surface area (Å²) in [5.41, 5.74) is 4.87. The highest BCUT2D eigenvalue weighted by Crippen LogP contribution is 2.15. The fourth-order valence-electron chi connectivity index (χ4n) is 1.63. The molecular weight excluding hydrogens is 349 g/mol. The fourth-order valence-corrected chi connectivity index (χ4v) is 1.63. The van der Waals surface area contributed by atoms with Crippen LogP contribution in [0.5, 0.6) is 5.75 Å². The average Bonchev–Trinajstić information content (AvgIpc) is 3.01. The van der Waals surface area contributed by atoms with Gasteiger partial charge in [-0.3, -0.25) is 4.79 Å². The number of rotatable bonds is 7. The van der Waals surface area contributed by atoms with E-state index >= 15 is 0 Å². The van der Waals surface area contributed by atoms with Crippen LogP contribution < -0.4 is 15.8 Å². The molecule has 0 aliphatic heterocycles. The van der Waals surface area contributed by atoms with E-state index in [2.05, 4.69) is 0 Å². The second kappa shape index (κ2) is 8.60. The Bertz CT molecular complexity index is 662. The molecule has 1 heterocycles. The number of nitrogens with one attached hydrogen (secondary N) is 1. The summed E-state index contributed by atoms with van der Waals surface area (Å²) in [6, 6.07) is 8.21. The van der Waals surface area contributed by atoms with Crippen LogP contribution in [0.3, 0.4) is 0 Å². The Morgan fingerprint density at radius 2 is 1.88 bits per heavy atom. The summed E-state index contributed by atoms with van der Waals surface area (Å²) in [5, 5.41) is 2.04. The maximum atomic E-state index is 13.0. The predicted molar refractivity (Wildman–Crippen MR) is 83.0 cm³/mol. The lowest BCUT2D eigenvalue weighted by Gasteiger charge is -2.13. The van der Waals surface area contributed by atoms with Gasteiger partial charge in [0.1, 0.15) is 23.9 Å². The highest BCUT2D eigenvalue weighted by molar-refractivity contribution is 5.91. The van der Waals surface area contributed by atoms with E-state index in [9.17, 15) is 18.0 Å². The number of hydrogen-bond donors (Lipinski definition) is 2. The predicted octanol–water partition coefficient (Wildman–Crippen LogP) is 2.74. The van der Waals surface area contributed by atoms with Crippen molar-refractivity contribution in [3.8, 4) is 5.75 Å². The third kappa shape index (κ3) is 5.78. The minimum absolute atomic E-state index is 0. The Labute approximate surface area is 142 Å². The second-order valence-corrected chi connectivity index (χ2v) is 4.75. The number of benzene rings is 1. The van der Waals surface area contributed by atoms with Gasteiger partial charge in [0.05, 0.1) is 13.1 Å². The van der Waals surface area contributed by atoms with Crippen LogP contribution in [0.2, 0.25) is 0 Å². The zero-order valence-corrected chi connectivity index (χ0v) is 13.2. The normalized spacial score (nSPS) is 10.8. The minimum Gasteiger partial charge on any atom is -0.486 e. The number of amides is 1. The third-order valence-electron chi connectivity index (χ3n) is 2.89. The molecule has 0 saturated carbocycles. The van der Waals surface area contributed by atoms with Gasteiger partial charge in [0, 0.05) is 0 Å². The Morgan fingerprint density at radius 1 is 1.21 bits per heavy atom. The van der Waals surface area contributed by atoms with E-state index in [-0.39, 0.29) is 30.6 Å². The van der Waals surface area contributed by atoms with Crippen LogP contribution >= 0.6 is 12.4 Å². The van der Waals surface area contributed by atoms with Crippen LogP contribution in [0.25, 0.3) is 0 Å². The van der Waals surface area contributed by atoms with Gasteiger partial charge in [-0.1, -0.05) is 0 Å². The molecule has 3 N–H and O–H groups in total. The first-order valence-electron chi connectivity index (χ1n) is 6.73. The van der Waals surface area contributed by atoms with Crippen LogP contribution in [0.1, 0.15) is 16.3 Å². The fraction of sp³-hybridized carbons (Fsp3) is 0.267. The number of halogens is 4. The van der Waals surface area contributed by atoms with Crippen molar-refractivity contribution >= 4 is 18.3 Å². The standard InChI is InChI=1S/C15H15F3N2O3.ClH/c16-10-1-3-11(4-2-10)22-7-12-5-6-13(23-12)14(21)20-9-15(17,18)8-19;/h1-6H,7-9,19H2,(H,20,21);1H. The summed E-state index contributed by atoms with van der Waals surface area (Å²) in [7, 11) is 0. The number of carbonyl (C=O) groups is 1. The number of hydrogen-bond acceptors (Lipinski definition) is 4. The monoisotopic (exact) mass is 364 g/mol. The average molecular weight is 365 g/mol. The van der Waals surface area contributed by atoms with Crippen LogP contribution in [0.4, 0.5) is 13.2 Å². The first kappa shape index (κ1) is 19.9. The maximum Gasteiger partial charge on any atom is 0.287 e. The van der Waals surface area contributed by atoms with Crippen molar-refractivity contribution in [2.45, 2.75) is 12.5 Å². The SMILES string of the molecule is Cl.NCC(F)(F)CNC(=O)c1ccc(COc2ccc(F)cc2)o1. The Balaban J connectivity index is 0.00000288. The van der Waals surface area contributed by atoms with Gasteiger partial charge in [0.25, 0.3) is 11.8 Å². The van der Waals surface area contributed by atoms with Gasteiger partial charge < -0.3 is 20.2 Å². The number of ether oxygens (including phenoxy) is 1. The molecule has 0 bridgehead atoms. The molecule has 0 radical (unpaired) electrons. The molecule has 1 aromatic carbocycles. The molecule has 2 aromatic rings. The van der Waals surface area contributed by atoms with E-state index in [1.54, 1.807) is 0 Å². The summed E-state index contributed by atoms with van der Waals surface area (Å²) < 4.78 is 49.2. The third-order valence-corrected chi connectivity index (χ3v) is 2.89. The topological polar surface area (TPSA) is 77.5 Å². The largest absolute Gasteiger partial charge is 0.486 e. The number of nitrogens with two attached hydrogens (primary N) is 1. The van der Waals surface area contributed by atoms with Crippen LogP contribution in [0.15, 0.2) is 40.8 Å². The Hall–Kier alpha value is -2.19. The molecule has 0 saturated heterocycles. The van der Waals surface area contributed by atoms with Crippen molar-refractivity contribution in [3.63, 3.8) is 0 Å². The lowest BCUT2D eigenvalue weighted by molar-refractivity contribution is 0.0115. The highest BCUT2D eigenvalue weighted by atomic mass is 35.5. The van der Waals surface area contributed by atoms with Gasteiger partial charge in [-0.25, -0.2) is 13.2 Å². The molecule has 1 aromatic heterocycles. The minimum atomic E-state index is -3.17. The van der Waals surface area contributed by atoms with Crippen LogP contribution in [-0.2, 0) is 6.61 Å². The summed E-state index contributed by atoms with van der Waals surface area (Å²) in [4.78, 5) is 11.7. The van der Waals surface area contributed by atoms with Gasteiger partial charge in [-0.2, -0.15) is 0 Å². The smallest absolute Gasteiger partial charge is 0.287 e.